The van der Waals surface area contributed by atoms with Crippen LogP contribution in [0, 0.1) is 11.6 Å². The SMILES string of the molecule is NN1CCCN(Cc2c(F)ccc(Br)c2F)C1=O. The summed E-state index contributed by atoms with van der Waals surface area (Å²) in [5, 5.41) is 1.05. The highest BCUT2D eigenvalue weighted by Crippen LogP contribution is 2.23. The van der Waals surface area contributed by atoms with Crippen molar-refractivity contribution in [3.05, 3.63) is 33.8 Å². The summed E-state index contributed by atoms with van der Waals surface area (Å²) in [6.07, 6.45) is 0.680. The van der Waals surface area contributed by atoms with Crippen LogP contribution < -0.4 is 5.84 Å². The van der Waals surface area contributed by atoms with Gasteiger partial charge >= 0.3 is 6.03 Å². The van der Waals surface area contributed by atoms with Crippen molar-refractivity contribution in [2.75, 3.05) is 13.1 Å². The Morgan fingerprint density at radius 3 is 2.78 bits per heavy atom. The fraction of sp³-hybridized carbons (Fsp3) is 0.364. The molecule has 1 aromatic rings. The second kappa shape index (κ2) is 5.19. The molecule has 0 atom stereocenters. The molecule has 0 aliphatic carbocycles. The largest absolute Gasteiger partial charge is 0.334 e. The minimum absolute atomic E-state index is 0.121. The van der Waals surface area contributed by atoms with E-state index in [9.17, 15) is 13.6 Å². The van der Waals surface area contributed by atoms with Crippen LogP contribution in [0.2, 0.25) is 0 Å². The third-order valence-electron chi connectivity index (χ3n) is 2.83. The monoisotopic (exact) mass is 319 g/mol. The summed E-state index contributed by atoms with van der Waals surface area (Å²) >= 11 is 2.99. The number of urea groups is 1. The molecule has 7 heteroatoms. The van der Waals surface area contributed by atoms with E-state index in [1.54, 1.807) is 0 Å². The Balaban J connectivity index is 2.24. The van der Waals surface area contributed by atoms with Gasteiger partial charge in [0.1, 0.15) is 11.6 Å². The Hall–Kier alpha value is -1.21. The Kier molecular flexibility index (Phi) is 3.82. The van der Waals surface area contributed by atoms with Gasteiger partial charge in [0.25, 0.3) is 0 Å². The van der Waals surface area contributed by atoms with Crippen molar-refractivity contribution in [1.82, 2.24) is 9.91 Å². The summed E-state index contributed by atoms with van der Waals surface area (Å²) in [6, 6.07) is 2.04. The summed E-state index contributed by atoms with van der Waals surface area (Å²) in [4.78, 5) is 13.0. The van der Waals surface area contributed by atoms with Crippen LogP contribution in [0.15, 0.2) is 16.6 Å². The third-order valence-corrected chi connectivity index (χ3v) is 3.44. The Morgan fingerprint density at radius 2 is 2.06 bits per heavy atom. The van der Waals surface area contributed by atoms with E-state index in [2.05, 4.69) is 15.9 Å². The van der Waals surface area contributed by atoms with Crippen molar-refractivity contribution in [3.8, 4) is 0 Å². The molecule has 2 N–H and O–H groups in total. The van der Waals surface area contributed by atoms with Crippen LogP contribution in [-0.2, 0) is 6.54 Å². The fourth-order valence-corrected chi connectivity index (χ4v) is 2.23. The van der Waals surface area contributed by atoms with Gasteiger partial charge in [-0.3, -0.25) is 5.01 Å². The average molecular weight is 320 g/mol. The van der Waals surface area contributed by atoms with Crippen LogP contribution in [0.1, 0.15) is 12.0 Å². The quantitative estimate of drug-likeness (QED) is 0.516. The molecule has 98 valence electrons. The van der Waals surface area contributed by atoms with Crippen LogP contribution in [-0.4, -0.2) is 29.0 Å². The molecule has 0 unspecified atom stereocenters. The average Bonchev–Trinajstić information content (AvgIpc) is 2.35. The highest BCUT2D eigenvalue weighted by molar-refractivity contribution is 9.10. The number of carbonyl (C=O) groups is 1. The number of benzene rings is 1. The first-order valence-electron chi connectivity index (χ1n) is 5.44. The molecular weight excluding hydrogens is 308 g/mol. The zero-order valence-corrected chi connectivity index (χ0v) is 11.1. The predicted octanol–water partition coefficient (Wildman–Crippen LogP) is 2.23. The Labute approximate surface area is 111 Å². The van der Waals surface area contributed by atoms with E-state index in [1.165, 1.54) is 11.0 Å². The lowest BCUT2D eigenvalue weighted by Gasteiger charge is -2.32. The molecule has 0 spiro atoms. The predicted molar refractivity (Wildman–Crippen MR) is 65.4 cm³/mol. The standard InChI is InChI=1S/C11H12BrF2N3O/c12-8-2-3-9(13)7(10(8)14)6-16-4-1-5-17(15)11(16)18/h2-3H,1,4-6,15H2. The fourth-order valence-electron chi connectivity index (χ4n) is 1.86. The first kappa shape index (κ1) is 13.2. The number of nitrogens with zero attached hydrogens (tertiary/aromatic N) is 2. The molecule has 1 fully saturated rings. The van der Waals surface area contributed by atoms with Gasteiger partial charge in [-0.1, -0.05) is 0 Å². The maximum Gasteiger partial charge on any atom is 0.334 e. The normalized spacial score (nSPS) is 16.3. The second-order valence-corrected chi connectivity index (χ2v) is 4.93. The van der Waals surface area contributed by atoms with Crippen molar-refractivity contribution in [2.24, 2.45) is 5.84 Å². The maximum absolute atomic E-state index is 13.8. The Bertz CT molecular complexity index is 484. The minimum Gasteiger partial charge on any atom is -0.319 e. The highest BCUT2D eigenvalue weighted by Gasteiger charge is 2.25. The topological polar surface area (TPSA) is 49.6 Å². The number of rotatable bonds is 2. The lowest BCUT2D eigenvalue weighted by molar-refractivity contribution is 0.126. The van der Waals surface area contributed by atoms with E-state index in [4.69, 9.17) is 5.84 Å². The summed E-state index contributed by atoms with van der Waals surface area (Å²) in [7, 11) is 0. The van der Waals surface area contributed by atoms with Crippen molar-refractivity contribution < 1.29 is 13.6 Å². The molecule has 2 amide bonds. The van der Waals surface area contributed by atoms with Crippen molar-refractivity contribution in [2.45, 2.75) is 13.0 Å². The molecule has 1 aliphatic rings. The molecule has 0 aromatic heterocycles. The molecule has 1 aromatic carbocycles. The molecule has 1 aliphatic heterocycles. The molecule has 2 rings (SSSR count). The van der Waals surface area contributed by atoms with Gasteiger partial charge in [-0.25, -0.2) is 19.4 Å². The van der Waals surface area contributed by atoms with Crippen LogP contribution in [0.25, 0.3) is 0 Å². The van der Waals surface area contributed by atoms with Gasteiger partial charge in [-0.15, -0.1) is 0 Å². The van der Waals surface area contributed by atoms with Crippen LogP contribution in [0.3, 0.4) is 0 Å². The lowest BCUT2D eigenvalue weighted by atomic mass is 10.1. The van der Waals surface area contributed by atoms with Crippen molar-refractivity contribution >= 4 is 22.0 Å². The van der Waals surface area contributed by atoms with Crippen molar-refractivity contribution in [3.63, 3.8) is 0 Å². The smallest absolute Gasteiger partial charge is 0.319 e. The lowest BCUT2D eigenvalue weighted by Crippen LogP contribution is -2.52. The summed E-state index contributed by atoms with van der Waals surface area (Å²) < 4.78 is 27.5. The molecule has 18 heavy (non-hydrogen) atoms. The van der Waals surface area contributed by atoms with Crippen LogP contribution in [0.5, 0.6) is 0 Å². The zero-order chi connectivity index (χ0) is 13.3. The number of hydrogen-bond donors (Lipinski definition) is 1. The molecule has 0 radical (unpaired) electrons. The van der Waals surface area contributed by atoms with Crippen molar-refractivity contribution in [1.29, 1.82) is 0 Å². The number of hydrazine groups is 1. The number of nitrogens with two attached hydrogens (primary N) is 1. The van der Waals surface area contributed by atoms with Gasteiger partial charge in [-0.05, 0) is 34.5 Å². The van der Waals surface area contributed by atoms with E-state index in [1.807, 2.05) is 0 Å². The first-order chi connectivity index (χ1) is 8.50. The van der Waals surface area contributed by atoms with E-state index >= 15 is 0 Å². The third kappa shape index (κ3) is 2.46. The summed E-state index contributed by atoms with van der Waals surface area (Å²) in [5.41, 5.74) is -0.131. The number of halogens is 3. The van der Waals surface area contributed by atoms with E-state index in [0.717, 1.165) is 11.1 Å². The van der Waals surface area contributed by atoms with E-state index in [0.29, 0.717) is 19.5 Å². The molecular formula is C11H12BrF2N3O. The number of amides is 2. The van der Waals surface area contributed by atoms with Gasteiger partial charge in [-0.2, -0.15) is 0 Å². The van der Waals surface area contributed by atoms with Gasteiger partial charge in [0.15, 0.2) is 0 Å². The van der Waals surface area contributed by atoms with Gasteiger partial charge in [0.2, 0.25) is 0 Å². The molecule has 0 bridgehead atoms. The minimum atomic E-state index is -0.683. The summed E-state index contributed by atoms with van der Waals surface area (Å²) in [5.74, 6) is 4.12. The highest BCUT2D eigenvalue weighted by atomic mass is 79.9. The summed E-state index contributed by atoms with van der Waals surface area (Å²) in [6.45, 7) is 0.778. The van der Waals surface area contributed by atoms with Crippen LogP contribution in [0.4, 0.5) is 13.6 Å². The van der Waals surface area contributed by atoms with Gasteiger partial charge in [0.05, 0.1) is 11.0 Å². The maximum atomic E-state index is 13.8. The number of hydrogen-bond acceptors (Lipinski definition) is 2. The zero-order valence-electron chi connectivity index (χ0n) is 9.50. The van der Waals surface area contributed by atoms with E-state index in [-0.39, 0.29) is 16.6 Å². The first-order valence-corrected chi connectivity index (χ1v) is 6.23. The molecule has 0 saturated carbocycles. The number of carbonyl (C=O) groups excluding carboxylic acids is 1. The van der Waals surface area contributed by atoms with Gasteiger partial charge in [0, 0.05) is 18.7 Å². The van der Waals surface area contributed by atoms with Crippen LogP contribution >= 0.6 is 15.9 Å². The van der Waals surface area contributed by atoms with E-state index < -0.39 is 17.7 Å². The Morgan fingerprint density at radius 1 is 1.33 bits per heavy atom. The molecule has 4 nitrogen and oxygen atoms in total. The molecule has 1 heterocycles. The second-order valence-electron chi connectivity index (χ2n) is 4.07. The molecule has 1 saturated heterocycles. The van der Waals surface area contributed by atoms with Gasteiger partial charge < -0.3 is 4.90 Å².